The standard InChI is InChI=1S/C16H19NO3S/c1-12-8-9-15(10-13(12)2)21(19,20)17-16(11-18)14-6-4-3-5-7-14/h3-10,16-18H,11H2,1-2H3/t16-/m1/s1. The minimum absolute atomic E-state index is 0.208. The van der Waals surface area contributed by atoms with Crippen molar-refractivity contribution in [3.8, 4) is 0 Å². The average Bonchev–Trinajstić information content (AvgIpc) is 2.48. The summed E-state index contributed by atoms with van der Waals surface area (Å²) in [5.41, 5.74) is 2.68. The van der Waals surface area contributed by atoms with Crippen molar-refractivity contribution < 1.29 is 13.5 Å². The Bertz CT molecular complexity index is 712. The van der Waals surface area contributed by atoms with Gasteiger partial charge in [0.25, 0.3) is 0 Å². The molecule has 2 aromatic rings. The number of nitrogens with one attached hydrogen (secondary N) is 1. The van der Waals surface area contributed by atoms with Crippen LogP contribution in [0.1, 0.15) is 22.7 Å². The van der Waals surface area contributed by atoms with Gasteiger partial charge in [0.1, 0.15) is 0 Å². The minimum atomic E-state index is -3.67. The first kappa shape index (κ1) is 15.7. The van der Waals surface area contributed by atoms with Crippen molar-refractivity contribution in [2.24, 2.45) is 0 Å². The van der Waals surface area contributed by atoms with Crippen molar-refractivity contribution in [3.63, 3.8) is 0 Å². The van der Waals surface area contributed by atoms with E-state index in [1.54, 1.807) is 30.3 Å². The van der Waals surface area contributed by atoms with E-state index in [0.29, 0.717) is 0 Å². The number of hydrogen-bond donors (Lipinski definition) is 2. The third kappa shape index (κ3) is 3.69. The molecule has 0 radical (unpaired) electrons. The molecule has 0 unspecified atom stereocenters. The largest absolute Gasteiger partial charge is 0.394 e. The van der Waals surface area contributed by atoms with Crippen molar-refractivity contribution in [1.29, 1.82) is 0 Å². The van der Waals surface area contributed by atoms with E-state index in [1.165, 1.54) is 0 Å². The van der Waals surface area contributed by atoms with E-state index in [-0.39, 0.29) is 11.5 Å². The fourth-order valence-electron chi connectivity index (χ4n) is 2.03. The molecule has 0 bridgehead atoms. The Morgan fingerprint density at radius 1 is 1.05 bits per heavy atom. The van der Waals surface area contributed by atoms with Gasteiger partial charge in [-0.1, -0.05) is 36.4 Å². The topological polar surface area (TPSA) is 66.4 Å². The lowest BCUT2D eigenvalue weighted by Gasteiger charge is -2.17. The van der Waals surface area contributed by atoms with Gasteiger partial charge >= 0.3 is 0 Å². The van der Waals surface area contributed by atoms with Crippen LogP contribution in [0.3, 0.4) is 0 Å². The Labute approximate surface area is 125 Å². The summed E-state index contributed by atoms with van der Waals surface area (Å²) >= 11 is 0. The summed E-state index contributed by atoms with van der Waals surface area (Å²) in [4.78, 5) is 0.208. The average molecular weight is 305 g/mol. The van der Waals surface area contributed by atoms with Crippen molar-refractivity contribution in [2.45, 2.75) is 24.8 Å². The van der Waals surface area contributed by atoms with E-state index < -0.39 is 16.1 Å². The zero-order chi connectivity index (χ0) is 15.5. The van der Waals surface area contributed by atoms with E-state index in [9.17, 15) is 13.5 Å². The maximum Gasteiger partial charge on any atom is 0.241 e. The predicted octanol–water partition coefficient (Wildman–Crippen LogP) is 2.32. The van der Waals surface area contributed by atoms with Crippen LogP contribution in [0, 0.1) is 13.8 Å². The normalized spacial score (nSPS) is 13.1. The molecule has 0 spiro atoms. The van der Waals surface area contributed by atoms with Crippen LogP contribution in [-0.4, -0.2) is 20.1 Å². The number of aliphatic hydroxyl groups is 1. The molecule has 0 heterocycles. The van der Waals surface area contributed by atoms with Gasteiger partial charge in [0, 0.05) is 0 Å². The van der Waals surface area contributed by atoms with Gasteiger partial charge in [0.2, 0.25) is 10.0 Å². The molecule has 21 heavy (non-hydrogen) atoms. The van der Waals surface area contributed by atoms with Crippen molar-refractivity contribution in [1.82, 2.24) is 4.72 Å². The van der Waals surface area contributed by atoms with Gasteiger partial charge in [-0.05, 0) is 42.7 Å². The number of aryl methyl sites for hydroxylation is 2. The molecule has 0 aliphatic carbocycles. The van der Waals surface area contributed by atoms with Gasteiger partial charge in [0.15, 0.2) is 0 Å². The molecule has 1 atom stereocenters. The quantitative estimate of drug-likeness (QED) is 0.891. The Hall–Kier alpha value is -1.69. The molecule has 0 aromatic heterocycles. The SMILES string of the molecule is Cc1ccc(S(=O)(=O)N[C@H](CO)c2ccccc2)cc1C. The smallest absolute Gasteiger partial charge is 0.241 e. The summed E-state index contributed by atoms with van der Waals surface area (Å²) in [7, 11) is -3.67. The number of benzene rings is 2. The summed E-state index contributed by atoms with van der Waals surface area (Å²) in [5, 5.41) is 9.46. The first-order valence-electron chi connectivity index (χ1n) is 6.69. The van der Waals surface area contributed by atoms with Crippen molar-refractivity contribution in [2.75, 3.05) is 6.61 Å². The van der Waals surface area contributed by atoms with Crippen molar-refractivity contribution in [3.05, 3.63) is 65.2 Å². The molecular weight excluding hydrogens is 286 g/mol. The van der Waals surface area contributed by atoms with Crippen LogP contribution in [-0.2, 0) is 10.0 Å². The van der Waals surface area contributed by atoms with Crippen molar-refractivity contribution >= 4 is 10.0 Å². The van der Waals surface area contributed by atoms with Gasteiger partial charge in [-0.3, -0.25) is 0 Å². The molecular formula is C16H19NO3S. The molecule has 0 aliphatic rings. The van der Waals surface area contributed by atoms with Gasteiger partial charge in [-0.25, -0.2) is 13.1 Å². The van der Waals surface area contributed by atoms with Gasteiger partial charge in [-0.15, -0.1) is 0 Å². The molecule has 112 valence electrons. The highest BCUT2D eigenvalue weighted by atomic mass is 32.2. The first-order chi connectivity index (χ1) is 9.94. The third-order valence-corrected chi connectivity index (χ3v) is 4.94. The lowest BCUT2D eigenvalue weighted by molar-refractivity contribution is 0.259. The summed E-state index contributed by atoms with van der Waals surface area (Å²) in [6, 6.07) is 13.4. The van der Waals surface area contributed by atoms with Crippen LogP contribution in [0.4, 0.5) is 0 Å². The fraction of sp³-hybridized carbons (Fsp3) is 0.250. The second-order valence-corrected chi connectivity index (χ2v) is 6.73. The first-order valence-corrected chi connectivity index (χ1v) is 8.18. The van der Waals surface area contributed by atoms with E-state index in [4.69, 9.17) is 0 Å². The molecule has 0 saturated heterocycles. The summed E-state index contributed by atoms with van der Waals surface area (Å²) < 4.78 is 27.4. The Kier molecular flexibility index (Phi) is 4.77. The van der Waals surface area contributed by atoms with E-state index >= 15 is 0 Å². The molecule has 2 N–H and O–H groups in total. The molecule has 2 rings (SSSR count). The zero-order valence-corrected chi connectivity index (χ0v) is 12.9. The molecule has 0 aliphatic heterocycles. The third-order valence-electron chi connectivity index (χ3n) is 3.47. The molecule has 0 saturated carbocycles. The van der Waals surface area contributed by atoms with E-state index in [1.807, 2.05) is 32.0 Å². The highest BCUT2D eigenvalue weighted by Crippen LogP contribution is 2.19. The Morgan fingerprint density at radius 2 is 1.71 bits per heavy atom. The summed E-state index contributed by atoms with van der Waals surface area (Å²) in [6.07, 6.45) is 0. The van der Waals surface area contributed by atoms with Crippen LogP contribution in [0.2, 0.25) is 0 Å². The second kappa shape index (κ2) is 6.39. The van der Waals surface area contributed by atoms with E-state index in [0.717, 1.165) is 16.7 Å². The number of aliphatic hydroxyl groups excluding tert-OH is 1. The van der Waals surface area contributed by atoms with Crippen LogP contribution in [0.5, 0.6) is 0 Å². The Morgan fingerprint density at radius 3 is 2.29 bits per heavy atom. The predicted molar refractivity (Wildman–Crippen MR) is 82.5 cm³/mol. The summed E-state index contributed by atoms with van der Waals surface area (Å²) in [6.45, 7) is 3.50. The minimum Gasteiger partial charge on any atom is -0.394 e. The highest BCUT2D eigenvalue weighted by molar-refractivity contribution is 7.89. The van der Waals surface area contributed by atoms with Gasteiger partial charge in [-0.2, -0.15) is 0 Å². The highest BCUT2D eigenvalue weighted by Gasteiger charge is 2.21. The second-order valence-electron chi connectivity index (χ2n) is 5.01. The number of sulfonamides is 1. The van der Waals surface area contributed by atoms with Gasteiger partial charge in [0.05, 0.1) is 17.5 Å². The zero-order valence-electron chi connectivity index (χ0n) is 12.1. The molecule has 0 amide bonds. The maximum atomic E-state index is 12.4. The lowest BCUT2D eigenvalue weighted by Crippen LogP contribution is -2.30. The monoisotopic (exact) mass is 305 g/mol. The summed E-state index contributed by atoms with van der Waals surface area (Å²) in [5.74, 6) is 0. The molecule has 0 fully saturated rings. The van der Waals surface area contributed by atoms with Crippen LogP contribution in [0.25, 0.3) is 0 Å². The fourth-order valence-corrected chi connectivity index (χ4v) is 3.33. The molecule has 2 aromatic carbocycles. The number of rotatable bonds is 5. The van der Waals surface area contributed by atoms with Gasteiger partial charge < -0.3 is 5.11 Å². The maximum absolute atomic E-state index is 12.4. The Balaban J connectivity index is 2.29. The van der Waals surface area contributed by atoms with E-state index in [2.05, 4.69) is 4.72 Å². The van der Waals surface area contributed by atoms with Crippen LogP contribution < -0.4 is 4.72 Å². The molecule has 4 nitrogen and oxygen atoms in total. The van der Waals surface area contributed by atoms with Crippen LogP contribution >= 0.6 is 0 Å². The molecule has 5 heteroatoms. The number of hydrogen-bond acceptors (Lipinski definition) is 3. The lowest BCUT2D eigenvalue weighted by atomic mass is 10.1. The van der Waals surface area contributed by atoms with Crippen LogP contribution in [0.15, 0.2) is 53.4 Å².